The van der Waals surface area contributed by atoms with E-state index in [1.54, 1.807) is 0 Å². The Kier molecular flexibility index (Phi) is 7.14. The van der Waals surface area contributed by atoms with Crippen LogP contribution < -0.4 is 10.6 Å². The number of rotatable bonds is 9. The number of unbranched alkanes of at least 4 members (excludes halogenated alkanes) is 2. The van der Waals surface area contributed by atoms with Crippen LogP contribution in [-0.4, -0.2) is 23.1 Å². The van der Waals surface area contributed by atoms with Crippen molar-refractivity contribution in [3.8, 4) is 0 Å². The molecule has 5 heteroatoms. The van der Waals surface area contributed by atoms with Gasteiger partial charge in [-0.25, -0.2) is 4.98 Å². The molecule has 2 aromatic rings. The van der Waals surface area contributed by atoms with Crippen LogP contribution in [0.15, 0.2) is 30.3 Å². The lowest BCUT2D eigenvalue weighted by atomic mass is 10.1. The number of halogens is 1. The largest absolute Gasteiger partial charge is 0.370 e. The van der Waals surface area contributed by atoms with Crippen molar-refractivity contribution in [1.82, 2.24) is 9.97 Å². The Balaban J connectivity index is 1.84. The van der Waals surface area contributed by atoms with Crippen LogP contribution in [0.1, 0.15) is 37.4 Å². The van der Waals surface area contributed by atoms with Crippen molar-refractivity contribution in [2.75, 3.05) is 23.7 Å². The summed E-state index contributed by atoms with van der Waals surface area (Å²) in [4.78, 5) is 8.96. The smallest absolute Gasteiger partial charge is 0.224 e. The number of nitrogens with one attached hydrogen (secondary N) is 2. The molecule has 2 N–H and O–H groups in total. The first-order valence-corrected chi connectivity index (χ1v) is 8.63. The summed E-state index contributed by atoms with van der Waals surface area (Å²) in [5.41, 5.74) is 2.21. The predicted molar refractivity (Wildman–Crippen MR) is 98.4 cm³/mol. The highest BCUT2D eigenvalue weighted by Crippen LogP contribution is 2.12. The summed E-state index contributed by atoms with van der Waals surface area (Å²) < 4.78 is 0. The predicted octanol–water partition coefficient (Wildman–Crippen LogP) is 4.70. The zero-order valence-corrected chi connectivity index (χ0v) is 14.7. The molecule has 2 rings (SSSR count). The van der Waals surface area contributed by atoms with Crippen molar-refractivity contribution in [1.29, 1.82) is 0 Å². The quantitative estimate of drug-likeness (QED) is 0.654. The van der Waals surface area contributed by atoms with E-state index in [2.05, 4.69) is 27.5 Å². The van der Waals surface area contributed by atoms with Gasteiger partial charge in [0.1, 0.15) is 5.82 Å². The normalized spacial score (nSPS) is 10.6. The van der Waals surface area contributed by atoms with Crippen LogP contribution in [0.3, 0.4) is 0 Å². The maximum atomic E-state index is 5.90. The fourth-order valence-electron chi connectivity index (χ4n) is 2.30. The molecule has 1 aromatic heterocycles. The van der Waals surface area contributed by atoms with Gasteiger partial charge in [-0.3, -0.25) is 0 Å². The summed E-state index contributed by atoms with van der Waals surface area (Å²) in [6.45, 7) is 5.94. The molecule has 0 bridgehead atoms. The zero-order chi connectivity index (χ0) is 16.5. The minimum Gasteiger partial charge on any atom is -0.370 e. The Labute approximate surface area is 143 Å². The Morgan fingerprint density at radius 3 is 2.52 bits per heavy atom. The number of anilines is 2. The van der Waals surface area contributed by atoms with E-state index in [1.165, 1.54) is 24.8 Å². The molecule has 0 aliphatic rings. The van der Waals surface area contributed by atoms with Crippen LogP contribution in [-0.2, 0) is 6.42 Å². The molecule has 0 aliphatic heterocycles. The van der Waals surface area contributed by atoms with Crippen LogP contribution in [0.4, 0.5) is 11.8 Å². The number of benzene rings is 1. The van der Waals surface area contributed by atoms with E-state index < -0.39 is 0 Å². The fraction of sp³-hybridized carbons (Fsp3) is 0.444. The molecule has 0 fully saturated rings. The summed E-state index contributed by atoms with van der Waals surface area (Å²) in [7, 11) is 0. The molecule has 0 amide bonds. The van der Waals surface area contributed by atoms with E-state index in [1.807, 2.05) is 37.3 Å². The first-order valence-electron chi connectivity index (χ1n) is 8.25. The molecule has 1 aromatic carbocycles. The molecule has 0 aliphatic carbocycles. The van der Waals surface area contributed by atoms with Crippen molar-refractivity contribution in [2.24, 2.45) is 0 Å². The second-order valence-corrected chi connectivity index (χ2v) is 6.09. The Bertz CT molecular complexity index is 598. The molecule has 1 heterocycles. The Morgan fingerprint density at radius 2 is 1.78 bits per heavy atom. The van der Waals surface area contributed by atoms with Crippen LogP contribution in [0.5, 0.6) is 0 Å². The highest BCUT2D eigenvalue weighted by molar-refractivity contribution is 6.30. The van der Waals surface area contributed by atoms with Gasteiger partial charge in [0.15, 0.2) is 0 Å². The average Bonchev–Trinajstić information content (AvgIpc) is 2.53. The first kappa shape index (κ1) is 17.5. The first-order chi connectivity index (χ1) is 11.2. The number of nitrogens with zero attached hydrogens (tertiary/aromatic N) is 2. The molecular formula is C18H25ClN4. The van der Waals surface area contributed by atoms with Gasteiger partial charge in [-0.2, -0.15) is 4.98 Å². The lowest BCUT2D eigenvalue weighted by molar-refractivity contribution is 0.742. The van der Waals surface area contributed by atoms with Crippen molar-refractivity contribution < 1.29 is 0 Å². The summed E-state index contributed by atoms with van der Waals surface area (Å²) in [5, 5.41) is 7.43. The lowest BCUT2D eigenvalue weighted by Crippen LogP contribution is -2.11. The molecular weight excluding hydrogens is 308 g/mol. The molecule has 0 unspecified atom stereocenters. The number of hydrogen-bond donors (Lipinski definition) is 2. The summed E-state index contributed by atoms with van der Waals surface area (Å²) in [6.07, 6.45) is 4.54. The third-order valence-corrected chi connectivity index (χ3v) is 3.80. The van der Waals surface area contributed by atoms with Gasteiger partial charge >= 0.3 is 0 Å². The van der Waals surface area contributed by atoms with Crippen LogP contribution in [0.25, 0.3) is 0 Å². The van der Waals surface area contributed by atoms with E-state index in [4.69, 9.17) is 11.6 Å². The summed E-state index contributed by atoms with van der Waals surface area (Å²) in [6, 6.07) is 9.90. The number of aromatic nitrogens is 2. The molecule has 0 saturated carbocycles. The van der Waals surface area contributed by atoms with Gasteiger partial charge in [-0.05, 0) is 37.5 Å². The summed E-state index contributed by atoms with van der Waals surface area (Å²) >= 11 is 5.90. The lowest BCUT2D eigenvalue weighted by Gasteiger charge is -2.10. The number of hydrogen-bond acceptors (Lipinski definition) is 4. The van der Waals surface area contributed by atoms with E-state index in [-0.39, 0.29) is 0 Å². The average molecular weight is 333 g/mol. The standard InChI is InChI=1S/C18H25ClN4/c1-3-4-5-11-20-17-13-14(2)22-18(23-17)21-12-10-15-6-8-16(19)9-7-15/h6-9,13H,3-5,10-12H2,1-2H3,(H2,20,21,22,23). The van der Waals surface area contributed by atoms with Gasteiger partial charge in [0, 0.05) is 29.9 Å². The molecule has 0 saturated heterocycles. The van der Waals surface area contributed by atoms with E-state index in [9.17, 15) is 0 Å². The Hall–Kier alpha value is -1.81. The zero-order valence-electron chi connectivity index (χ0n) is 13.9. The molecule has 0 atom stereocenters. The second kappa shape index (κ2) is 9.36. The SMILES string of the molecule is CCCCCNc1cc(C)nc(NCCc2ccc(Cl)cc2)n1. The van der Waals surface area contributed by atoms with Gasteiger partial charge in [0.2, 0.25) is 5.95 Å². The van der Waals surface area contributed by atoms with E-state index in [0.29, 0.717) is 5.95 Å². The van der Waals surface area contributed by atoms with Gasteiger partial charge < -0.3 is 10.6 Å². The van der Waals surface area contributed by atoms with Crippen molar-refractivity contribution in [3.05, 3.63) is 46.6 Å². The van der Waals surface area contributed by atoms with Crippen molar-refractivity contribution in [2.45, 2.75) is 39.5 Å². The third-order valence-electron chi connectivity index (χ3n) is 3.55. The highest BCUT2D eigenvalue weighted by atomic mass is 35.5. The Morgan fingerprint density at radius 1 is 1.00 bits per heavy atom. The minimum absolute atomic E-state index is 0.678. The molecule has 124 valence electrons. The van der Waals surface area contributed by atoms with Crippen molar-refractivity contribution in [3.63, 3.8) is 0 Å². The monoisotopic (exact) mass is 332 g/mol. The van der Waals surface area contributed by atoms with Crippen LogP contribution in [0, 0.1) is 6.92 Å². The fourth-order valence-corrected chi connectivity index (χ4v) is 2.43. The van der Waals surface area contributed by atoms with E-state index >= 15 is 0 Å². The molecule has 0 radical (unpaired) electrons. The summed E-state index contributed by atoms with van der Waals surface area (Å²) in [5.74, 6) is 1.57. The van der Waals surface area contributed by atoms with Gasteiger partial charge in [-0.1, -0.05) is 43.5 Å². The molecule has 23 heavy (non-hydrogen) atoms. The van der Waals surface area contributed by atoms with Gasteiger partial charge in [0.25, 0.3) is 0 Å². The molecule has 4 nitrogen and oxygen atoms in total. The highest BCUT2D eigenvalue weighted by Gasteiger charge is 2.02. The van der Waals surface area contributed by atoms with Gasteiger partial charge in [-0.15, -0.1) is 0 Å². The minimum atomic E-state index is 0.678. The number of aryl methyl sites for hydroxylation is 1. The third kappa shape index (κ3) is 6.45. The van der Waals surface area contributed by atoms with Gasteiger partial charge in [0.05, 0.1) is 0 Å². The van der Waals surface area contributed by atoms with Crippen LogP contribution in [0.2, 0.25) is 5.02 Å². The van der Waals surface area contributed by atoms with Crippen LogP contribution >= 0.6 is 11.6 Å². The molecule has 0 spiro atoms. The second-order valence-electron chi connectivity index (χ2n) is 5.66. The maximum absolute atomic E-state index is 5.90. The topological polar surface area (TPSA) is 49.8 Å². The maximum Gasteiger partial charge on any atom is 0.224 e. The van der Waals surface area contributed by atoms with Crippen molar-refractivity contribution >= 4 is 23.4 Å². The van der Waals surface area contributed by atoms with E-state index in [0.717, 1.165) is 36.0 Å².